The smallest absolute Gasteiger partial charge is 0.411 e. The predicted molar refractivity (Wildman–Crippen MR) is 135 cm³/mol. The molecule has 0 radical (unpaired) electrons. The van der Waals surface area contributed by atoms with Crippen LogP contribution >= 0.6 is 0 Å². The monoisotopic (exact) mass is 491 g/mol. The zero-order chi connectivity index (χ0) is 26.4. The van der Waals surface area contributed by atoms with Crippen LogP contribution in [0, 0.1) is 5.92 Å². The third kappa shape index (κ3) is 5.99. The minimum Gasteiger partial charge on any atom is -0.464 e. The lowest BCUT2D eigenvalue weighted by Crippen LogP contribution is -2.36. The lowest BCUT2D eigenvalue weighted by atomic mass is 9.97. The Morgan fingerprint density at radius 1 is 1.06 bits per heavy atom. The summed E-state index contributed by atoms with van der Waals surface area (Å²) in [6, 6.07) is 12.5. The fourth-order valence-corrected chi connectivity index (χ4v) is 3.60. The van der Waals surface area contributed by atoms with Gasteiger partial charge in [-0.1, -0.05) is 51.3 Å². The van der Waals surface area contributed by atoms with E-state index in [4.69, 9.17) is 4.74 Å². The molecular weight excluding hydrogens is 462 g/mol. The highest BCUT2D eigenvalue weighted by molar-refractivity contribution is 6.07. The molecule has 3 rings (SSSR count). The molecule has 188 valence electrons. The normalized spacial score (nSPS) is 12.1. The number of anilines is 1. The number of carbonyl (C=O) groups is 4. The summed E-state index contributed by atoms with van der Waals surface area (Å²) < 4.78 is 9.69. The number of methoxy groups -OCH3 is 1. The van der Waals surface area contributed by atoms with Crippen molar-refractivity contribution in [2.24, 2.45) is 5.92 Å². The summed E-state index contributed by atoms with van der Waals surface area (Å²) in [5.41, 5.74) is 3.01. The van der Waals surface area contributed by atoms with Crippen molar-refractivity contribution in [3.05, 3.63) is 78.1 Å². The van der Waals surface area contributed by atoms with Crippen molar-refractivity contribution in [3.63, 3.8) is 0 Å². The maximum absolute atomic E-state index is 13.0. The predicted octanol–water partition coefficient (Wildman–Crippen LogP) is 4.22. The second-order valence-electron chi connectivity index (χ2n) is 8.61. The van der Waals surface area contributed by atoms with E-state index in [9.17, 15) is 19.2 Å². The van der Waals surface area contributed by atoms with Crippen molar-refractivity contribution in [1.82, 2.24) is 10.2 Å². The fraction of sp³-hybridized carbons (Fsp3) is 0.259. The Bertz CT molecular complexity index is 1220. The Labute approximate surface area is 209 Å². The van der Waals surface area contributed by atoms with Crippen molar-refractivity contribution in [3.8, 4) is 11.1 Å². The van der Waals surface area contributed by atoms with Gasteiger partial charge in [0.25, 0.3) is 11.8 Å². The highest BCUT2D eigenvalue weighted by atomic mass is 16.5. The molecule has 0 atom stereocenters. The van der Waals surface area contributed by atoms with Gasteiger partial charge >= 0.3 is 12.1 Å². The number of nitrogens with zero attached hydrogens (tertiary/aromatic N) is 1. The van der Waals surface area contributed by atoms with E-state index in [1.165, 1.54) is 12.0 Å². The number of fused-ring (bicyclic) bond motifs is 1. The van der Waals surface area contributed by atoms with E-state index in [-0.39, 0.29) is 23.8 Å². The molecule has 2 aromatic carbocycles. The highest BCUT2D eigenvalue weighted by Gasteiger charge is 2.33. The Hall–Kier alpha value is -4.40. The van der Waals surface area contributed by atoms with Crippen LogP contribution < -0.4 is 10.6 Å². The summed E-state index contributed by atoms with van der Waals surface area (Å²) in [7, 11) is 1.17. The number of esters is 1. The Morgan fingerprint density at radius 3 is 2.36 bits per heavy atom. The second-order valence-corrected chi connectivity index (χ2v) is 8.61. The van der Waals surface area contributed by atoms with Gasteiger partial charge in [0.1, 0.15) is 11.4 Å². The molecule has 1 aliphatic rings. The number of rotatable bonds is 9. The van der Waals surface area contributed by atoms with Crippen molar-refractivity contribution in [2.75, 3.05) is 19.0 Å². The van der Waals surface area contributed by atoms with Gasteiger partial charge in [0, 0.05) is 11.3 Å². The standard InChI is InChI=1S/C27H29N3O6/c1-16(2)13-14-36-27(34)29-20-11-9-19(10-12-20)21-7-6-8-22-23(21)15-30(25(22)32)18(4)24(31)28-17(3)26(33)35-5/h6-12,16H,3-4,13-15H2,1-2,5H3,(H,28,31)(H,29,34). The Balaban J connectivity index is 1.72. The van der Waals surface area contributed by atoms with Gasteiger partial charge in [-0.15, -0.1) is 0 Å². The molecule has 9 heteroatoms. The molecular formula is C27H29N3O6. The molecule has 0 spiro atoms. The summed E-state index contributed by atoms with van der Waals surface area (Å²) in [5, 5.41) is 4.99. The molecule has 2 N–H and O–H groups in total. The molecule has 0 saturated carbocycles. The summed E-state index contributed by atoms with van der Waals surface area (Å²) in [5.74, 6) is -1.46. The van der Waals surface area contributed by atoms with Gasteiger partial charge in [0.15, 0.2) is 0 Å². The van der Waals surface area contributed by atoms with Crippen LogP contribution in [0.1, 0.15) is 36.2 Å². The first-order valence-electron chi connectivity index (χ1n) is 11.4. The molecule has 36 heavy (non-hydrogen) atoms. The number of hydrogen-bond acceptors (Lipinski definition) is 6. The number of nitrogens with one attached hydrogen (secondary N) is 2. The van der Waals surface area contributed by atoms with Crippen LogP contribution in [-0.4, -0.2) is 42.5 Å². The van der Waals surface area contributed by atoms with Crippen molar-refractivity contribution < 1.29 is 28.7 Å². The van der Waals surface area contributed by atoms with Crippen LogP contribution in [0.2, 0.25) is 0 Å². The summed E-state index contributed by atoms with van der Waals surface area (Å²) in [6.45, 7) is 11.8. The SMILES string of the molecule is C=C(NC(=O)C(=C)N1Cc2c(cccc2-c2ccc(NC(=O)OCCC(C)C)cc2)C1=O)C(=O)OC. The number of hydrogen-bond donors (Lipinski definition) is 2. The van der Waals surface area contributed by atoms with E-state index in [0.717, 1.165) is 23.1 Å². The molecule has 0 fully saturated rings. The maximum atomic E-state index is 13.0. The van der Waals surface area contributed by atoms with Gasteiger partial charge in [0.2, 0.25) is 0 Å². The molecule has 9 nitrogen and oxygen atoms in total. The average Bonchev–Trinajstić information content (AvgIpc) is 3.19. The molecule has 0 aromatic heterocycles. The van der Waals surface area contributed by atoms with Gasteiger partial charge in [-0.25, -0.2) is 9.59 Å². The van der Waals surface area contributed by atoms with Crippen LogP contribution in [0.5, 0.6) is 0 Å². The molecule has 0 bridgehead atoms. The quantitative estimate of drug-likeness (QED) is 0.401. The molecule has 0 saturated heterocycles. The molecule has 0 unspecified atom stereocenters. The maximum Gasteiger partial charge on any atom is 0.411 e. The van der Waals surface area contributed by atoms with E-state index in [1.54, 1.807) is 24.3 Å². The van der Waals surface area contributed by atoms with Crippen molar-refractivity contribution >= 4 is 29.6 Å². The molecule has 3 amide bonds. The van der Waals surface area contributed by atoms with E-state index in [0.29, 0.717) is 23.8 Å². The number of benzene rings is 2. The second kappa shape index (κ2) is 11.4. The lowest BCUT2D eigenvalue weighted by molar-refractivity contribution is -0.137. The molecule has 1 aliphatic heterocycles. The highest BCUT2D eigenvalue weighted by Crippen LogP contribution is 2.34. The van der Waals surface area contributed by atoms with E-state index >= 15 is 0 Å². The van der Waals surface area contributed by atoms with Crippen LogP contribution in [0.15, 0.2) is 67.0 Å². The van der Waals surface area contributed by atoms with Crippen LogP contribution in [0.3, 0.4) is 0 Å². The van der Waals surface area contributed by atoms with Crippen molar-refractivity contribution in [1.29, 1.82) is 0 Å². The Morgan fingerprint density at radius 2 is 1.72 bits per heavy atom. The zero-order valence-corrected chi connectivity index (χ0v) is 20.6. The first-order chi connectivity index (χ1) is 17.1. The van der Waals surface area contributed by atoms with Gasteiger partial charge in [0.05, 0.1) is 20.3 Å². The summed E-state index contributed by atoms with van der Waals surface area (Å²) >= 11 is 0. The topological polar surface area (TPSA) is 114 Å². The first-order valence-corrected chi connectivity index (χ1v) is 11.4. The van der Waals surface area contributed by atoms with E-state index < -0.39 is 18.0 Å². The van der Waals surface area contributed by atoms with Crippen LogP contribution in [0.25, 0.3) is 11.1 Å². The molecule has 1 heterocycles. The van der Waals surface area contributed by atoms with E-state index in [1.807, 2.05) is 18.2 Å². The zero-order valence-electron chi connectivity index (χ0n) is 20.6. The number of amides is 3. The summed E-state index contributed by atoms with van der Waals surface area (Å²) in [6.07, 6.45) is 0.270. The average molecular weight is 492 g/mol. The minimum absolute atomic E-state index is 0.122. The third-order valence-electron chi connectivity index (χ3n) is 5.62. The molecule has 0 aliphatic carbocycles. The third-order valence-corrected chi connectivity index (χ3v) is 5.62. The first kappa shape index (κ1) is 26.2. The van der Waals surface area contributed by atoms with Crippen molar-refractivity contribution in [2.45, 2.75) is 26.8 Å². The minimum atomic E-state index is -0.795. The number of carbonyl (C=O) groups excluding carboxylic acids is 4. The Kier molecular flexibility index (Phi) is 8.26. The fourth-order valence-electron chi connectivity index (χ4n) is 3.60. The van der Waals surface area contributed by atoms with Gasteiger partial charge in [-0.05, 0) is 47.2 Å². The summed E-state index contributed by atoms with van der Waals surface area (Å²) in [4.78, 5) is 50.3. The molecule has 2 aromatic rings. The van der Waals surface area contributed by atoms with Gasteiger partial charge in [-0.3, -0.25) is 19.8 Å². The van der Waals surface area contributed by atoms with Crippen LogP contribution in [-0.2, 0) is 25.6 Å². The number of ether oxygens (including phenoxy) is 2. The largest absolute Gasteiger partial charge is 0.464 e. The van der Waals surface area contributed by atoms with E-state index in [2.05, 4.69) is 42.4 Å². The van der Waals surface area contributed by atoms with Gasteiger partial charge in [-0.2, -0.15) is 0 Å². The lowest BCUT2D eigenvalue weighted by Gasteiger charge is -2.18. The van der Waals surface area contributed by atoms with Gasteiger partial charge < -0.3 is 14.8 Å². The van der Waals surface area contributed by atoms with Crippen LogP contribution in [0.4, 0.5) is 10.5 Å².